The van der Waals surface area contributed by atoms with Gasteiger partial charge in [0.05, 0.1) is 29.2 Å². The van der Waals surface area contributed by atoms with Crippen molar-refractivity contribution in [2.75, 3.05) is 24.8 Å². The highest BCUT2D eigenvalue weighted by Gasteiger charge is 2.22. The van der Waals surface area contributed by atoms with Crippen LogP contribution in [0.15, 0.2) is 34.2 Å². The van der Waals surface area contributed by atoms with Crippen molar-refractivity contribution < 1.29 is 14.5 Å². The lowest BCUT2D eigenvalue weighted by Gasteiger charge is -2.13. The van der Waals surface area contributed by atoms with Gasteiger partial charge in [0.1, 0.15) is 4.83 Å². The number of amides is 1. The number of nitrogens with one attached hydrogen (secondary N) is 1. The van der Waals surface area contributed by atoms with Crippen molar-refractivity contribution in [2.45, 2.75) is 37.4 Å². The van der Waals surface area contributed by atoms with Crippen LogP contribution < -0.4 is 10.9 Å². The van der Waals surface area contributed by atoms with E-state index in [0.717, 1.165) is 36.1 Å². The molecule has 3 aromatic rings. The minimum absolute atomic E-state index is 0.0457. The number of carbonyl (C=O) groups is 1. The third-order valence-corrected chi connectivity index (χ3v) is 7.42. The quantitative estimate of drug-likeness (QED) is 0.229. The molecule has 1 amide bonds. The van der Waals surface area contributed by atoms with Crippen molar-refractivity contribution in [3.05, 3.63) is 55.2 Å². The number of nitro groups is 1. The zero-order valence-electron chi connectivity index (χ0n) is 17.5. The lowest BCUT2D eigenvalue weighted by atomic mass is 9.97. The van der Waals surface area contributed by atoms with E-state index in [1.54, 1.807) is 23.0 Å². The van der Waals surface area contributed by atoms with E-state index in [9.17, 15) is 19.7 Å². The molecule has 0 saturated heterocycles. The molecule has 168 valence electrons. The highest BCUT2D eigenvalue weighted by atomic mass is 32.2. The Hall–Kier alpha value is -2.76. The predicted molar refractivity (Wildman–Crippen MR) is 125 cm³/mol. The Bertz CT molecular complexity index is 1220. The van der Waals surface area contributed by atoms with Gasteiger partial charge in [-0.05, 0) is 43.4 Å². The van der Waals surface area contributed by atoms with Crippen LogP contribution in [-0.2, 0) is 28.9 Å². The number of hydrogen-bond acceptors (Lipinski definition) is 8. The molecule has 2 heterocycles. The number of hydrogen-bond donors (Lipinski definition) is 1. The lowest BCUT2D eigenvalue weighted by molar-refractivity contribution is -0.384. The van der Waals surface area contributed by atoms with E-state index in [2.05, 4.69) is 5.32 Å². The van der Waals surface area contributed by atoms with E-state index in [0.29, 0.717) is 29.4 Å². The number of anilines is 1. The number of carbonyl (C=O) groups excluding carboxylic acids is 1. The zero-order chi connectivity index (χ0) is 22.7. The first kappa shape index (κ1) is 22.4. The minimum Gasteiger partial charge on any atom is -0.383 e. The summed E-state index contributed by atoms with van der Waals surface area (Å²) in [5, 5.41) is 14.7. The Balaban J connectivity index is 1.55. The molecule has 9 nitrogen and oxygen atoms in total. The fourth-order valence-corrected chi connectivity index (χ4v) is 5.83. The van der Waals surface area contributed by atoms with Crippen LogP contribution in [0.4, 0.5) is 11.4 Å². The molecule has 1 aliphatic carbocycles. The summed E-state index contributed by atoms with van der Waals surface area (Å²) in [6, 6.07) is 5.63. The molecule has 11 heteroatoms. The van der Waals surface area contributed by atoms with Gasteiger partial charge in [0.2, 0.25) is 5.91 Å². The van der Waals surface area contributed by atoms with Crippen LogP contribution in [0.3, 0.4) is 0 Å². The molecule has 1 aliphatic rings. The van der Waals surface area contributed by atoms with Gasteiger partial charge < -0.3 is 10.1 Å². The third-order valence-electron chi connectivity index (χ3n) is 5.25. The Kier molecular flexibility index (Phi) is 6.87. The molecule has 32 heavy (non-hydrogen) atoms. The highest BCUT2D eigenvalue weighted by Crippen LogP contribution is 2.34. The molecule has 4 rings (SSSR count). The van der Waals surface area contributed by atoms with Gasteiger partial charge in [-0.15, -0.1) is 11.3 Å². The fourth-order valence-electron chi connectivity index (χ4n) is 3.70. The van der Waals surface area contributed by atoms with E-state index < -0.39 is 4.92 Å². The highest BCUT2D eigenvalue weighted by molar-refractivity contribution is 7.99. The number of aromatic nitrogens is 2. The standard InChI is InChI=1S/C21H22N4O5S2/c1-30-11-10-24-20(27)18-15-4-2-3-5-16(15)32-19(18)23-21(24)31-12-17(26)22-13-6-8-14(9-7-13)25(28)29/h6-9H,2-5,10-12H2,1H3,(H,22,26). The van der Waals surface area contributed by atoms with Crippen molar-refractivity contribution in [1.29, 1.82) is 0 Å². The molecule has 0 atom stereocenters. The topological polar surface area (TPSA) is 116 Å². The van der Waals surface area contributed by atoms with Crippen molar-refractivity contribution in [3.63, 3.8) is 0 Å². The largest absolute Gasteiger partial charge is 0.383 e. The summed E-state index contributed by atoms with van der Waals surface area (Å²) in [6.45, 7) is 0.719. The Morgan fingerprint density at radius 2 is 2.06 bits per heavy atom. The normalized spacial score (nSPS) is 13.2. The Morgan fingerprint density at radius 3 is 2.78 bits per heavy atom. The van der Waals surface area contributed by atoms with Crippen LogP contribution in [-0.4, -0.2) is 39.9 Å². The Labute approximate surface area is 192 Å². The Morgan fingerprint density at radius 1 is 1.31 bits per heavy atom. The molecule has 0 aliphatic heterocycles. The number of ether oxygens (including phenoxy) is 1. The van der Waals surface area contributed by atoms with Crippen LogP contribution in [0.2, 0.25) is 0 Å². The van der Waals surface area contributed by atoms with Crippen molar-refractivity contribution in [2.24, 2.45) is 0 Å². The number of fused-ring (bicyclic) bond motifs is 3. The molecular weight excluding hydrogens is 452 g/mol. The molecule has 2 aromatic heterocycles. The van der Waals surface area contributed by atoms with Gasteiger partial charge in [-0.3, -0.25) is 24.3 Å². The number of methoxy groups -OCH3 is 1. The lowest BCUT2D eigenvalue weighted by Crippen LogP contribution is -2.26. The SMILES string of the molecule is COCCn1c(SCC(=O)Nc2ccc([N+](=O)[O-])cc2)nc2sc3c(c2c1=O)CCCC3. The zero-order valence-corrected chi connectivity index (χ0v) is 19.1. The first-order valence-electron chi connectivity index (χ1n) is 10.2. The van der Waals surface area contributed by atoms with E-state index >= 15 is 0 Å². The maximum atomic E-state index is 13.3. The molecule has 0 spiro atoms. The molecule has 1 N–H and O–H groups in total. The second kappa shape index (κ2) is 9.80. The number of thiophene rings is 1. The van der Waals surface area contributed by atoms with Crippen LogP contribution in [0.25, 0.3) is 10.2 Å². The second-order valence-corrected chi connectivity index (χ2v) is 9.40. The summed E-state index contributed by atoms with van der Waals surface area (Å²) in [6.07, 6.45) is 4.09. The second-order valence-electron chi connectivity index (χ2n) is 7.38. The van der Waals surface area contributed by atoms with E-state index in [1.807, 2.05) is 0 Å². The van der Waals surface area contributed by atoms with Crippen molar-refractivity contribution in [3.8, 4) is 0 Å². The molecule has 0 fully saturated rings. The number of nitro benzene ring substituents is 1. The molecular formula is C21H22N4O5S2. The van der Waals surface area contributed by atoms with Crippen molar-refractivity contribution >= 4 is 50.6 Å². The third kappa shape index (κ3) is 4.69. The minimum atomic E-state index is -0.495. The van der Waals surface area contributed by atoms with Crippen LogP contribution in [0, 0.1) is 10.1 Å². The first-order chi connectivity index (χ1) is 15.5. The average molecular weight is 475 g/mol. The summed E-state index contributed by atoms with van der Waals surface area (Å²) >= 11 is 2.77. The summed E-state index contributed by atoms with van der Waals surface area (Å²) in [5.41, 5.74) is 1.47. The number of aryl methyl sites for hydroxylation is 2. The van der Waals surface area contributed by atoms with Gasteiger partial charge in [0, 0.05) is 29.8 Å². The first-order valence-corrected chi connectivity index (χ1v) is 12.0. The van der Waals surface area contributed by atoms with Gasteiger partial charge in [-0.1, -0.05) is 11.8 Å². The summed E-state index contributed by atoms with van der Waals surface area (Å²) in [7, 11) is 1.58. The van der Waals surface area contributed by atoms with Crippen LogP contribution in [0.5, 0.6) is 0 Å². The molecule has 0 saturated carbocycles. The van der Waals surface area contributed by atoms with E-state index in [-0.39, 0.29) is 22.9 Å². The van der Waals surface area contributed by atoms with Crippen LogP contribution in [0.1, 0.15) is 23.3 Å². The van der Waals surface area contributed by atoms with Crippen molar-refractivity contribution in [1.82, 2.24) is 9.55 Å². The summed E-state index contributed by atoms with van der Waals surface area (Å²) in [4.78, 5) is 42.7. The number of thioether (sulfide) groups is 1. The number of benzene rings is 1. The van der Waals surface area contributed by atoms with E-state index in [1.165, 1.54) is 40.9 Å². The maximum absolute atomic E-state index is 13.3. The van der Waals surface area contributed by atoms with Gasteiger partial charge in [0.25, 0.3) is 11.2 Å². The number of nitrogens with zero attached hydrogens (tertiary/aromatic N) is 3. The fraction of sp³-hybridized carbons (Fsp3) is 0.381. The average Bonchev–Trinajstić information content (AvgIpc) is 3.16. The smallest absolute Gasteiger partial charge is 0.269 e. The number of non-ortho nitro benzene ring substituents is 1. The van der Waals surface area contributed by atoms with Gasteiger partial charge in [0.15, 0.2) is 5.16 Å². The van der Waals surface area contributed by atoms with Gasteiger partial charge in [-0.25, -0.2) is 4.98 Å². The van der Waals surface area contributed by atoms with E-state index in [4.69, 9.17) is 9.72 Å². The molecule has 1 aromatic carbocycles. The van der Waals surface area contributed by atoms with Gasteiger partial charge in [-0.2, -0.15) is 0 Å². The monoisotopic (exact) mass is 474 g/mol. The predicted octanol–water partition coefficient (Wildman–Crippen LogP) is 3.62. The maximum Gasteiger partial charge on any atom is 0.269 e. The summed E-state index contributed by atoms with van der Waals surface area (Å²) < 4.78 is 6.77. The molecule has 0 radical (unpaired) electrons. The van der Waals surface area contributed by atoms with Gasteiger partial charge >= 0.3 is 0 Å². The molecule has 0 unspecified atom stereocenters. The number of rotatable bonds is 8. The summed E-state index contributed by atoms with van der Waals surface area (Å²) in [5.74, 6) is -0.241. The molecule has 0 bridgehead atoms. The van der Waals surface area contributed by atoms with Crippen LogP contribution >= 0.6 is 23.1 Å².